The highest BCUT2D eigenvalue weighted by atomic mass is 16.5. The fraction of sp³-hybridized carbons (Fsp3) is 0.944. The van der Waals surface area contributed by atoms with Gasteiger partial charge in [0.15, 0.2) is 0 Å². The van der Waals surface area contributed by atoms with E-state index in [4.69, 9.17) is 10.5 Å². The van der Waals surface area contributed by atoms with E-state index >= 15 is 0 Å². The fourth-order valence-electron chi connectivity index (χ4n) is 6.02. The number of fused-ring (bicyclic) bond motifs is 2. The molecule has 2 N–H and O–H groups in total. The lowest BCUT2D eigenvalue weighted by Crippen LogP contribution is -2.69. The summed E-state index contributed by atoms with van der Waals surface area (Å²) >= 11 is 0. The second kappa shape index (κ2) is 5.20. The number of nitrogens with two attached hydrogens (primary N) is 1. The molecule has 2 aliphatic carbocycles. The fourth-order valence-corrected chi connectivity index (χ4v) is 6.02. The highest BCUT2D eigenvalue weighted by Crippen LogP contribution is 2.72. The summed E-state index contributed by atoms with van der Waals surface area (Å²) in [5.41, 5.74) is 6.70. The normalized spacial score (nSPS) is 41.8. The van der Waals surface area contributed by atoms with Crippen LogP contribution in [-0.4, -0.2) is 42.1 Å². The maximum Gasteiger partial charge on any atom is 0.324 e. The summed E-state index contributed by atoms with van der Waals surface area (Å²) in [5, 5.41) is 0. The zero-order valence-electron chi connectivity index (χ0n) is 14.7. The Morgan fingerprint density at radius 3 is 2.41 bits per heavy atom. The number of hydrogen-bond donors (Lipinski definition) is 1. The Morgan fingerprint density at radius 1 is 1.32 bits per heavy atom. The molecule has 1 aliphatic heterocycles. The molecule has 3 rings (SSSR count). The van der Waals surface area contributed by atoms with Crippen molar-refractivity contribution in [2.24, 2.45) is 22.5 Å². The van der Waals surface area contributed by atoms with Crippen LogP contribution in [0.15, 0.2) is 0 Å². The number of carbonyl (C=O) groups is 1. The lowest BCUT2D eigenvalue weighted by Gasteiger charge is -2.55. The molecule has 126 valence electrons. The molecule has 4 heteroatoms. The Balaban J connectivity index is 2.04. The molecule has 2 saturated carbocycles. The van der Waals surface area contributed by atoms with Crippen LogP contribution in [0, 0.1) is 16.7 Å². The van der Waals surface area contributed by atoms with Gasteiger partial charge in [-0.1, -0.05) is 20.8 Å². The summed E-state index contributed by atoms with van der Waals surface area (Å²) in [6.45, 7) is 11.6. The maximum atomic E-state index is 12.5. The van der Waals surface area contributed by atoms with Gasteiger partial charge in [-0.25, -0.2) is 0 Å². The van der Waals surface area contributed by atoms with Crippen LogP contribution in [0.2, 0.25) is 0 Å². The zero-order chi connectivity index (χ0) is 16.2. The zero-order valence-corrected chi connectivity index (χ0v) is 14.7. The van der Waals surface area contributed by atoms with Gasteiger partial charge in [0.05, 0.1) is 12.1 Å². The van der Waals surface area contributed by atoms with Gasteiger partial charge in [0.1, 0.15) is 6.04 Å². The van der Waals surface area contributed by atoms with Gasteiger partial charge in [-0.2, -0.15) is 0 Å². The molecule has 2 bridgehead atoms. The molecule has 0 spiro atoms. The third-order valence-corrected chi connectivity index (χ3v) is 7.67. The van der Waals surface area contributed by atoms with Gasteiger partial charge in [0, 0.05) is 0 Å². The van der Waals surface area contributed by atoms with E-state index in [1.165, 1.54) is 25.7 Å². The van der Waals surface area contributed by atoms with Crippen molar-refractivity contribution in [1.29, 1.82) is 0 Å². The van der Waals surface area contributed by atoms with E-state index < -0.39 is 6.04 Å². The molecule has 3 aliphatic rings. The van der Waals surface area contributed by atoms with Crippen molar-refractivity contribution in [1.82, 2.24) is 4.90 Å². The molecule has 22 heavy (non-hydrogen) atoms. The molecule has 0 unspecified atom stereocenters. The Labute approximate surface area is 134 Å². The van der Waals surface area contributed by atoms with E-state index in [1.807, 2.05) is 6.92 Å². The summed E-state index contributed by atoms with van der Waals surface area (Å²) in [6, 6.07) is -0.528. The minimum Gasteiger partial charge on any atom is -0.465 e. The molecular weight excluding hydrogens is 276 g/mol. The number of esters is 1. The minimum absolute atomic E-state index is 0.0845. The van der Waals surface area contributed by atoms with Gasteiger partial charge in [-0.05, 0) is 68.9 Å². The predicted octanol–water partition coefficient (Wildman–Crippen LogP) is 2.56. The van der Waals surface area contributed by atoms with E-state index in [1.54, 1.807) is 0 Å². The second-order valence-electron chi connectivity index (χ2n) is 8.34. The third-order valence-electron chi connectivity index (χ3n) is 7.67. The molecule has 0 aromatic rings. The Bertz CT molecular complexity index is 458. The average molecular weight is 308 g/mol. The van der Waals surface area contributed by atoms with Crippen LogP contribution in [0.3, 0.4) is 0 Å². The van der Waals surface area contributed by atoms with E-state index in [0.29, 0.717) is 12.5 Å². The van der Waals surface area contributed by atoms with Gasteiger partial charge >= 0.3 is 5.97 Å². The van der Waals surface area contributed by atoms with Crippen LogP contribution >= 0.6 is 0 Å². The summed E-state index contributed by atoms with van der Waals surface area (Å²) < 4.78 is 5.33. The quantitative estimate of drug-likeness (QED) is 0.811. The molecule has 4 atom stereocenters. The minimum atomic E-state index is -0.528. The standard InChI is InChI=1S/C18H32N2O2/c1-5-22-15(21)14(19)18(20-10-6-7-11-20)12-13-8-9-17(18,4)16(13,2)3/h13-14H,5-12,19H2,1-4H3/t13-,14+,17-,18+/m0/s1. The maximum absolute atomic E-state index is 12.5. The molecule has 0 radical (unpaired) electrons. The van der Waals surface area contributed by atoms with Gasteiger partial charge in [-0.3, -0.25) is 9.69 Å². The van der Waals surface area contributed by atoms with E-state index in [9.17, 15) is 4.79 Å². The van der Waals surface area contributed by atoms with Crippen LogP contribution in [0.1, 0.15) is 59.8 Å². The first kappa shape index (κ1) is 16.3. The number of ether oxygens (including phenoxy) is 1. The monoisotopic (exact) mass is 308 g/mol. The van der Waals surface area contributed by atoms with Gasteiger partial charge in [0.25, 0.3) is 0 Å². The molecule has 0 aromatic carbocycles. The van der Waals surface area contributed by atoms with Crippen molar-refractivity contribution in [3.8, 4) is 0 Å². The second-order valence-corrected chi connectivity index (χ2v) is 8.34. The molecule has 1 heterocycles. The lowest BCUT2D eigenvalue weighted by atomic mass is 9.59. The average Bonchev–Trinajstić information content (AvgIpc) is 3.11. The number of carbonyl (C=O) groups excluding carboxylic acids is 1. The molecular formula is C18H32N2O2. The Morgan fingerprint density at radius 2 is 1.95 bits per heavy atom. The van der Waals surface area contributed by atoms with Crippen molar-refractivity contribution < 1.29 is 9.53 Å². The highest BCUT2D eigenvalue weighted by molar-refractivity contribution is 5.78. The van der Waals surface area contributed by atoms with Crippen LogP contribution in [-0.2, 0) is 9.53 Å². The molecule has 0 amide bonds. The van der Waals surface area contributed by atoms with Crippen molar-refractivity contribution in [2.45, 2.75) is 71.4 Å². The Hall–Kier alpha value is -0.610. The lowest BCUT2D eigenvalue weighted by molar-refractivity contribution is -0.154. The van der Waals surface area contributed by atoms with Crippen molar-refractivity contribution >= 4 is 5.97 Å². The van der Waals surface area contributed by atoms with Crippen LogP contribution in [0.4, 0.5) is 0 Å². The first-order chi connectivity index (χ1) is 10.3. The third kappa shape index (κ3) is 1.80. The largest absolute Gasteiger partial charge is 0.465 e. The molecule has 0 aromatic heterocycles. The van der Waals surface area contributed by atoms with Crippen LogP contribution < -0.4 is 5.73 Å². The van der Waals surface area contributed by atoms with Crippen molar-refractivity contribution in [3.05, 3.63) is 0 Å². The first-order valence-corrected chi connectivity index (χ1v) is 8.98. The predicted molar refractivity (Wildman–Crippen MR) is 87.4 cm³/mol. The van der Waals surface area contributed by atoms with Crippen molar-refractivity contribution in [2.75, 3.05) is 19.7 Å². The molecule has 1 saturated heterocycles. The van der Waals surface area contributed by atoms with Crippen LogP contribution in [0.25, 0.3) is 0 Å². The SMILES string of the molecule is CCOC(=O)[C@@H](N)[C@]1(N2CCCC2)C[C@@H]2CC[C@@]1(C)C2(C)C. The van der Waals surface area contributed by atoms with Gasteiger partial charge < -0.3 is 10.5 Å². The smallest absolute Gasteiger partial charge is 0.324 e. The summed E-state index contributed by atoms with van der Waals surface area (Å²) in [7, 11) is 0. The van der Waals surface area contributed by atoms with E-state index in [2.05, 4.69) is 25.7 Å². The first-order valence-electron chi connectivity index (χ1n) is 8.98. The summed E-state index contributed by atoms with van der Waals surface area (Å²) in [4.78, 5) is 15.1. The molecule has 4 nitrogen and oxygen atoms in total. The van der Waals surface area contributed by atoms with Crippen LogP contribution in [0.5, 0.6) is 0 Å². The summed E-state index contributed by atoms with van der Waals surface area (Å²) in [6.07, 6.45) is 5.94. The number of nitrogens with zero attached hydrogens (tertiary/aromatic N) is 1. The van der Waals surface area contributed by atoms with Crippen molar-refractivity contribution in [3.63, 3.8) is 0 Å². The number of rotatable bonds is 4. The van der Waals surface area contributed by atoms with E-state index in [0.717, 1.165) is 19.5 Å². The Kier molecular flexibility index (Phi) is 3.84. The molecule has 3 fully saturated rings. The number of likely N-dealkylation sites (tertiary alicyclic amines) is 1. The topological polar surface area (TPSA) is 55.6 Å². The summed E-state index contributed by atoms with van der Waals surface area (Å²) in [5.74, 6) is 0.456. The van der Waals surface area contributed by atoms with E-state index in [-0.39, 0.29) is 22.3 Å². The van der Waals surface area contributed by atoms with Gasteiger partial charge in [0.2, 0.25) is 0 Å². The number of hydrogen-bond acceptors (Lipinski definition) is 4. The highest BCUT2D eigenvalue weighted by Gasteiger charge is 2.73. The van der Waals surface area contributed by atoms with Gasteiger partial charge in [-0.15, -0.1) is 0 Å².